The number of halogens is 1. The van der Waals surface area contributed by atoms with E-state index in [0.717, 1.165) is 0 Å². The summed E-state index contributed by atoms with van der Waals surface area (Å²) >= 11 is 5.34. The average Bonchev–Trinajstić information content (AvgIpc) is 1.85. The number of hydrogen-bond acceptors (Lipinski definition) is 3. The van der Waals surface area contributed by atoms with Crippen LogP contribution >= 0.6 is 11.6 Å². The molecule has 0 rings (SSSR count). The van der Waals surface area contributed by atoms with Crippen molar-refractivity contribution in [1.29, 1.82) is 0 Å². The normalized spacial score (nSPS) is 15.6. The molecule has 0 radical (unpaired) electrons. The van der Waals surface area contributed by atoms with Gasteiger partial charge in [-0.1, -0.05) is 0 Å². The Balaban J connectivity index is 3.51. The fourth-order valence-electron chi connectivity index (χ4n) is 0.778. The number of esters is 1. The standard InChI is InChI=1S/C7H13ClO3/c1-5(11-6(2)9)3-7(10)4-8/h5,7,10H,3-4H2,1-2H3. The van der Waals surface area contributed by atoms with Gasteiger partial charge in [-0.05, 0) is 6.92 Å². The molecule has 0 aromatic carbocycles. The molecule has 1 N–H and O–H groups in total. The highest BCUT2D eigenvalue weighted by molar-refractivity contribution is 6.18. The maximum atomic E-state index is 10.4. The molecular formula is C7H13ClO3. The van der Waals surface area contributed by atoms with E-state index >= 15 is 0 Å². The zero-order valence-corrected chi connectivity index (χ0v) is 7.47. The number of aliphatic hydroxyl groups is 1. The lowest BCUT2D eigenvalue weighted by molar-refractivity contribution is -0.146. The lowest BCUT2D eigenvalue weighted by Gasteiger charge is -2.13. The maximum absolute atomic E-state index is 10.4. The first-order chi connectivity index (χ1) is 5.06. The van der Waals surface area contributed by atoms with Crippen LogP contribution < -0.4 is 0 Å². The number of carbonyl (C=O) groups is 1. The van der Waals surface area contributed by atoms with Gasteiger partial charge >= 0.3 is 5.97 Å². The molecule has 0 aliphatic rings. The smallest absolute Gasteiger partial charge is 0.302 e. The summed E-state index contributed by atoms with van der Waals surface area (Å²) in [6.45, 7) is 3.06. The summed E-state index contributed by atoms with van der Waals surface area (Å²) in [4.78, 5) is 10.4. The van der Waals surface area contributed by atoms with Crippen LogP contribution in [0.3, 0.4) is 0 Å². The molecule has 0 fully saturated rings. The van der Waals surface area contributed by atoms with Gasteiger partial charge in [0, 0.05) is 19.2 Å². The molecule has 0 heterocycles. The third-order valence-electron chi connectivity index (χ3n) is 1.15. The second kappa shape index (κ2) is 5.38. The van der Waals surface area contributed by atoms with Crippen molar-refractivity contribution in [2.45, 2.75) is 32.5 Å². The fourth-order valence-corrected chi connectivity index (χ4v) is 0.904. The van der Waals surface area contributed by atoms with Crippen LogP contribution in [0.25, 0.3) is 0 Å². The van der Waals surface area contributed by atoms with E-state index in [2.05, 4.69) is 0 Å². The van der Waals surface area contributed by atoms with E-state index in [1.807, 2.05) is 0 Å². The second-order valence-electron chi connectivity index (χ2n) is 2.46. The summed E-state index contributed by atoms with van der Waals surface area (Å²) in [6, 6.07) is 0. The largest absolute Gasteiger partial charge is 0.463 e. The van der Waals surface area contributed by atoms with Crippen LogP contribution in [0.5, 0.6) is 0 Å². The van der Waals surface area contributed by atoms with Gasteiger partial charge in [-0.25, -0.2) is 0 Å². The number of rotatable bonds is 4. The van der Waals surface area contributed by atoms with E-state index in [0.29, 0.717) is 6.42 Å². The van der Waals surface area contributed by atoms with Crippen LogP contribution in [0.15, 0.2) is 0 Å². The zero-order valence-electron chi connectivity index (χ0n) is 6.71. The van der Waals surface area contributed by atoms with Gasteiger partial charge in [0.1, 0.15) is 6.10 Å². The summed E-state index contributed by atoms with van der Waals surface area (Å²) in [5.41, 5.74) is 0. The van der Waals surface area contributed by atoms with Crippen LogP contribution in [-0.2, 0) is 9.53 Å². The Labute approximate surface area is 71.3 Å². The Hall–Kier alpha value is -0.280. The summed E-state index contributed by atoms with van der Waals surface area (Å²) < 4.78 is 4.77. The fraction of sp³-hybridized carbons (Fsp3) is 0.857. The van der Waals surface area contributed by atoms with E-state index in [4.69, 9.17) is 21.4 Å². The minimum Gasteiger partial charge on any atom is -0.463 e. The second-order valence-corrected chi connectivity index (χ2v) is 2.77. The SMILES string of the molecule is CC(=O)OC(C)CC(O)CCl. The molecule has 3 nitrogen and oxygen atoms in total. The first kappa shape index (κ1) is 10.7. The molecule has 66 valence electrons. The molecule has 4 heteroatoms. The van der Waals surface area contributed by atoms with E-state index in [9.17, 15) is 4.79 Å². The van der Waals surface area contributed by atoms with Gasteiger partial charge in [-0.2, -0.15) is 0 Å². The number of ether oxygens (including phenoxy) is 1. The van der Waals surface area contributed by atoms with Gasteiger partial charge in [-0.15, -0.1) is 11.6 Å². The molecular weight excluding hydrogens is 168 g/mol. The van der Waals surface area contributed by atoms with E-state index in [1.54, 1.807) is 6.92 Å². The minimum atomic E-state index is -0.592. The topological polar surface area (TPSA) is 46.5 Å². The van der Waals surface area contributed by atoms with Gasteiger partial charge < -0.3 is 9.84 Å². The van der Waals surface area contributed by atoms with E-state index < -0.39 is 6.10 Å². The van der Waals surface area contributed by atoms with Crippen LogP contribution in [-0.4, -0.2) is 29.2 Å². The van der Waals surface area contributed by atoms with Crippen molar-refractivity contribution in [3.8, 4) is 0 Å². The monoisotopic (exact) mass is 180 g/mol. The molecule has 0 bridgehead atoms. The van der Waals surface area contributed by atoms with Crippen LogP contribution in [0.2, 0.25) is 0 Å². The minimum absolute atomic E-state index is 0.172. The molecule has 0 saturated heterocycles. The third kappa shape index (κ3) is 6.13. The van der Waals surface area contributed by atoms with E-state index in [-0.39, 0.29) is 18.0 Å². The Morgan fingerprint density at radius 1 is 1.73 bits per heavy atom. The van der Waals surface area contributed by atoms with E-state index in [1.165, 1.54) is 6.92 Å². The van der Waals surface area contributed by atoms with Crippen LogP contribution in [0.4, 0.5) is 0 Å². The van der Waals surface area contributed by atoms with Gasteiger partial charge in [0.25, 0.3) is 0 Å². The molecule has 0 aromatic heterocycles. The highest BCUT2D eigenvalue weighted by Gasteiger charge is 2.10. The molecule has 0 amide bonds. The number of carbonyl (C=O) groups excluding carboxylic acids is 1. The molecule has 2 unspecified atom stereocenters. The number of aliphatic hydroxyl groups excluding tert-OH is 1. The third-order valence-corrected chi connectivity index (χ3v) is 1.51. The predicted octanol–water partition coefficient (Wildman–Crippen LogP) is 0.928. The van der Waals surface area contributed by atoms with Crippen LogP contribution in [0.1, 0.15) is 20.3 Å². The summed E-state index contributed by atoms with van der Waals surface area (Å²) in [5, 5.41) is 9.02. The first-order valence-corrected chi connectivity index (χ1v) is 4.01. The first-order valence-electron chi connectivity index (χ1n) is 3.47. The van der Waals surface area contributed by atoms with Crippen molar-refractivity contribution in [2.75, 3.05) is 5.88 Å². The molecule has 0 saturated carbocycles. The molecule has 0 aliphatic heterocycles. The Morgan fingerprint density at radius 2 is 2.27 bits per heavy atom. The van der Waals surface area contributed by atoms with Crippen molar-refractivity contribution in [1.82, 2.24) is 0 Å². The Bertz CT molecular complexity index is 127. The van der Waals surface area contributed by atoms with Gasteiger partial charge in [0.05, 0.1) is 6.10 Å². The lowest BCUT2D eigenvalue weighted by atomic mass is 10.2. The number of hydrogen-bond donors (Lipinski definition) is 1. The molecule has 0 spiro atoms. The van der Waals surface area contributed by atoms with Gasteiger partial charge in [0.2, 0.25) is 0 Å². The van der Waals surface area contributed by atoms with Gasteiger partial charge in [0.15, 0.2) is 0 Å². The highest BCUT2D eigenvalue weighted by Crippen LogP contribution is 2.03. The number of alkyl halides is 1. The van der Waals surface area contributed by atoms with Crippen molar-refractivity contribution in [3.63, 3.8) is 0 Å². The molecule has 0 aromatic rings. The molecule has 11 heavy (non-hydrogen) atoms. The van der Waals surface area contributed by atoms with Crippen molar-refractivity contribution in [2.24, 2.45) is 0 Å². The molecule has 0 aliphatic carbocycles. The van der Waals surface area contributed by atoms with Crippen molar-refractivity contribution >= 4 is 17.6 Å². The molecule has 2 atom stereocenters. The maximum Gasteiger partial charge on any atom is 0.302 e. The summed E-state index contributed by atoms with van der Waals surface area (Å²) in [7, 11) is 0. The predicted molar refractivity (Wildman–Crippen MR) is 42.6 cm³/mol. The quantitative estimate of drug-likeness (QED) is 0.517. The van der Waals surface area contributed by atoms with Crippen molar-refractivity contribution in [3.05, 3.63) is 0 Å². The average molecular weight is 181 g/mol. The van der Waals surface area contributed by atoms with Crippen LogP contribution in [0, 0.1) is 0 Å². The summed E-state index contributed by atoms with van der Waals surface area (Å²) in [5.74, 6) is -0.162. The lowest BCUT2D eigenvalue weighted by Crippen LogP contribution is -2.20. The highest BCUT2D eigenvalue weighted by atomic mass is 35.5. The Morgan fingerprint density at radius 3 is 2.64 bits per heavy atom. The summed E-state index contributed by atoms with van der Waals surface area (Å²) in [6.07, 6.45) is -0.462. The zero-order chi connectivity index (χ0) is 8.85. The van der Waals surface area contributed by atoms with Gasteiger partial charge in [-0.3, -0.25) is 4.79 Å². The van der Waals surface area contributed by atoms with Crippen molar-refractivity contribution < 1.29 is 14.6 Å². The Kier molecular flexibility index (Phi) is 5.24.